The Balaban J connectivity index is 2.19. The number of halogens is 2. The third kappa shape index (κ3) is 3.08. The van der Waals surface area contributed by atoms with Crippen LogP contribution in [0.2, 0.25) is 5.02 Å². The largest absolute Gasteiger partial charge is 0.497 e. The number of para-hydroxylation sites is 1. The van der Waals surface area contributed by atoms with Gasteiger partial charge in [0.2, 0.25) is 0 Å². The summed E-state index contributed by atoms with van der Waals surface area (Å²) in [4.78, 5) is 10.9. The summed E-state index contributed by atoms with van der Waals surface area (Å²) in [6.45, 7) is -0.0274. The van der Waals surface area contributed by atoms with E-state index in [9.17, 15) is 9.18 Å². The van der Waals surface area contributed by atoms with Crippen LogP contribution in [0.15, 0.2) is 36.4 Å². The van der Waals surface area contributed by atoms with Crippen LogP contribution in [-0.4, -0.2) is 13.4 Å². The van der Waals surface area contributed by atoms with E-state index >= 15 is 0 Å². The Morgan fingerprint density at radius 3 is 2.75 bits per heavy atom. The van der Waals surface area contributed by atoms with Crippen LogP contribution in [0.4, 0.5) is 4.39 Å². The molecule has 0 amide bonds. The van der Waals surface area contributed by atoms with Gasteiger partial charge in [0.1, 0.15) is 23.9 Å². The Kier molecular flexibility index (Phi) is 4.58. The molecule has 0 aliphatic heterocycles. The number of aldehydes is 1. The molecule has 2 aromatic rings. The molecule has 0 radical (unpaired) electrons. The van der Waals surface area contributed by atoms with Gasteiger partial charge >= 0.3 is 0 Å². The molecular weight excluding hydrogens is 283 g/mol. The van der Waals surface area contributed by atoms with Crippen molar-refractivity contribution in [3.8, 4) is 11.5 Å². The van der Waals surface area contributed by atoms with E-state index in [0.717, 1.165) is 0 Å². The number of carbonyl (C=O) groups is 1. The van der Waals surface area contributed by atoms with Crippen LogP contribution in [0.5, 0.6) is 11.5 Å². The van der Waals surface area contributed by atoms with E-state index in [1.807, 2.05) is 0 Å². The Hall–Kier alpha value is -2.07. The fourth-order valence-electron chi connectivity index (χ4n) is 1.69. The van der Waals surface area contributed by atoms with Gasteiger partial charge in [0, 0.05) is 11.6 Å². The third-order valence-electron chi connectivity index (χ3n) is 2.76. The number of benzene rings is 2. The molecule has 0 heterocycles. The predicted molar refractivity (Wildman–Crippen MR) is 74.1 cm³/mol. The highest BCUT2D eigenvalue weighted by molar-refractivity contribution is 6.32. The summed E-state index contributed by atoms with van der Waals surface area (Å²) in [7, 11) is 1.46. The molecule has 20 heavy (non-hydrogen) atoms. The summed E-state index contributed by atoms with van der Waals surface area (Å²) >= 11 is 5.96. The van der Waals surface area contributed by atoms with Gasteiger partial charge in [0.05, 0.1) is 17.7 Å². The second-order valence-corrected chi connectivity index (χ2v) is 4.43. The zero-order valence-corrected chi connectivity index (χ0v) is 11.5. The molecule has 0 spiro atoms. The average molecular weight is 295 g/mol. The molecule has 0 saturated carbocycles. The first-order valence-electron chi connectivity index (χ1n) is 5.84. The van der Waals surface area contributed by atoms with Gasteiger partial charge < -0.3 is 9.47 Å². The molecule has 3 nitrogen and oxygen atoms in total. The lowest BCUT2D eigenvalue weighted by Crippen LogP contribution is -2.01. The van der Waals surface area contributed by atoms with Crippen molar-refractivity contribution in [3.63, 3.8) is 0 Å². The van der Waals surface area contributed by atoms with Crippen LogP contribution >= 0.6 is 11.6 Å². The fourth-order valence-corrected chi connectivity index (χ4v) is 1.93. The number of hydrogen-bond donors (Lipinski definition) is 0. The summed E-state index contributed by atoms with van der Waals surface area (Å²) < 4.78 is 24.1. The molecule has 5 heteroatoms. The zero-order valence-electron chi connectivity index (χ0n) is 10.7. The number of ether oxygens (including phenoxy) is 2. The molecule has 104 valence electrons. The number of methoxy groups -OCH3 is 1. The molecule has 0 aromatic heterocycles. The molecule has 0 fully saturated rings. The van der Waals surface area contributed by atoms with E-state index in [2.05, 4.69) is 0 Å². The SMILES string of the molecule is COc1ccc(COc2c(Cl)cccc2C=O)c(F)c1. The van der Waals surface area contributed by atoms with E-state index in [1.165, 1.54) is 13.2 Å². The maximum absolute atomic E-state index is 13.8. The lowest BCUT2D eigenvalue weighted by molar-refractivity contribution is 0.111. The van der Waals surface area contributed by atoms with Gasteiger partial charge in [0.15, 0.2) is 6.29 Å². The second-order valence-electron chi connectivity index (χ2n) is 4.02. The van der Waals surface area contributed by atoms with Crippen molar-refractivity contribution in [1.29, 1.82) is 0 Å². The maximum atomic E-state index is 13.8. The van der Waals surface area contributed by atoms with Crippen molar-refractivity contribution in [1.82, 2.24) is 0 Å². The molecule has 0 atom stereocenters. The van der Waals surface area contributed by atoms with E-state index in [4.69, 9.17) is 21.1 Å². The van der Waals surface area contributed by atoms with Crippen LogP contribution in [-0.2, 0) is 6.61 Å². The zero-order chi connectivity index (χ0) is 14.5. The van der Waals surface area contributed by atoms with E-state index < -0.39 is 5.82 Å². The highest BCUT2D eigenvalue weighted by Crippen LogP contribution is 2.28. The van der Waals surface area contributed by atoms with Crippen molar-refractivity contribution in [2.45, 2.75) is 6.61 Å². The van der Waals surface area contributed by atoms with Gasteiger partial charge in [0.25, 0.3) is 0 Å². The first-order valence-corrected chi connectivity index (χ1v) is 6.22. The molecule has 0 bridgehead atoms. The topological polar surface area (TPSA) is 35.5 Å². The summed E-state index contributed by atoms with van der Waals surface area (Å²) in [5, 5.41) is 0.309. The first kappa shape index (κ1) is 14.3. The second kappa shape index (κ2) is 6.39. The normalized spacial score (nSPS) is 10.2. The van der Waals surface area contributed by atoms with E-state index in [-0.39, 0.29) is 12.4 Å². The summed E-state index contributed by atoms with van der Waals surface area (Å²) in [6.07, 6.45) is 0.644. The minimum atomic E-state index is -0.441. The van der Waals surface area contributed by atoms with Gasteiger partial charge in [-0.2, -0.15) is 0 Å². The van der Waals surface area contributed by atoms with Crippen molar-refractivity contribution >= 4 is 17.9 Å². The lowest BCUT2D eigenvalue weighted by atomic mass is 10.2. The standard InChI is InChI=1S/C15H12ClFO3/c1-19-12-6-5-11(14(17)7-12)9-20-15-10(8-18)3-2-4-13(15)16/h2-8H,9H2,1H3. The van der Waals surface area contributed by atoms with E-state index in [1.54, 1.807) is 30.3 Å². The monoisotopic (exact) mass is 294 g/mol. The molecule has 0 saturated heterocycles. The van der Waals surface area contributed by atoms with Gasteiger partial charge in [-0.3, -0.25) is 4.79 Å². The minimum Gasteiger partial charge on any atom is -0.497 e. The molecule has 2 rings (SSSR count). The summed E-state index contributed by atoms with van der Waals surface area (Å²) in [5.74, 6) is 0.237. The smallest absolute Gasteiger partial charge is 0.153 e. The van der Waals surface area contributed by atoms with Gasteiger partial charge in [-0.25, -0.2) is 4.39 Å². The maximum Gasteiger partial charge on any atom is 0.153 e. The highest BCUT2D eigenvalue weighted by Gasteiger charge is 2.10. The predicted octanol–water partition coefficient (Wildman–Crippen LogP) is 3.88. The minimum absolute atomic E-state index is 0.0274. The summed E-state index contributed by atoms with van der Waals surface area (Å²) in [6, 6.07) is 9.30. The summed E-state index contributed by atoms with van der Waals surface area (Å²) in [5.41, 5.74) is 0.675. The molecule has 2 aromatic carbocycles. The van der Waals surface area contributed by atoms with Crippen LogP contribution in [0.1, 0.15) is 15.9 Å². The van der Waals surface area contributed by atoms with Crippen LogP contribution in [0, 0.1) is 5.82 Å². The Morgan fingerprint density at radius 1 is 1.30 bits per heavy atom. The Morgan fingerprint density at radius 2 is 2.10 bits per heavy atom. The number of rotatable bonds is 5. The van der Waals surface area contributed by atoms with Crippen LogP contribution in [0.25, 0.3) is 0 Å². The van der Waals surface area contributed by atoms with Gasteiger partial charge in [-0.1, -0.05) is 17.7 Å². The fraction of sp³-hybridized carbons (Fsp3) is 0.133. The molecule has 0 unspecified atom stereocenters. The Labute approximate surface area is 120 Å². The van der Waals surface area contributed by atoms with Crippen molar-refractivity contribution in [2.24, 2.45) is 0 Å². The lowest BCUT2D eigenvalue weighted by Gasteiger charge is -2.11. The first-order chi connectivity index (χ1) is 9.65. The van der Waals surface area contributed by atoms with Crippen molar-refractivity contribution in [3.05, 3.63) is 58.4 Å². The molecular formula is C15H12ClFO3. The average Bonchev–Trinajstić information content (AvgIpc) is 2.46. The quantitative estimate of drug-likeness (QED) is 0.785. The van der Waals surface area contributed by atoms with Crippen molar-refractivity contribution < 1.29 is 18.7 Å². The number of carbonyl (C=O) groups excluding carboxylic acids is 1. The molecule has 0 aliphatic carbocycles. The highest BCUT2D eigenvalue weighted by atomic mass is 35.5. The number of hydrogen-bond acceptors (Lipinski definition) is 3. The Bertz CT molecular complexity index is 629. The van der Waals surface area contributed by atoms with Crippen LogP contribution in [0.3, 0.4) is 0 Å². The van der Waals surface area contributed by atoms with Crippen molar-refractivity contribution in [2.75, 3.05) is 7.11 Å². The van der Waals surface area contributed by atoms with Gasteiger partial charge in [-0.05, 0) is 24.3 Å². The van der Waals surface area contributed by atoms with E-state index in [0.29, 0.717) is 28.2 Å². The third-order valence-corrected chi connectivity index (χ3v) is 3.05. The molecule has 0 aliphatic rings. The van der Waals surface area contributed by atoms with Gasteiger partial charge in [-0.15, -0.1) is 0 Å². The molecule has 0 N–H and O–H groups in total. The van der Waals surface area contributed by atoms with Crippen LogP contribution < -0.4 is 9.47 Å².